The van der Waals surface area contributed by atoms with Crippen LogP contribution in [0.15, 0.2) is 78.0 Å². The molecule has 0 radical (unpaired) electrons. The average Bonchev–Trinajstić information content (AvgIpc) is 3.22. The molecule has 0 atom stereocenters. The van der Waals surface area contributed by atoms with Gasteiger partial charge in [-0.2, -0.15) is 0 Å². The number of sulfonamides is 1. The molecule has 0 aliphatic carbocycles. The first kappa shape index (κ1) is 19.9. The van der Waals surface area contributed by atoms with Gasteiger partial charge in [0, 0.05) is 25.5 Å². The van der Waals surface area contributed by atoms with Gasteiger partial charge in [-0.25, -0.2) is 8.42 Å². The number of para-hydroxylation sites is 1. The Balaban J connectivity index is 1.35. The number of fused-ring (bicyclic) bond motifs is 1. The van der Waals surface area contributed by atoms with Gasteiger partial charge >= 0.3 is 0 Å². The molecule has 0 saturated carbocycles. The van der Waals surface area contributed by atoms with E-state index in [2.05, 4.69) is 10.3 Å². The molecular formula is C22H21N3O4S. The van der Waals surface area contributed by atoms with E-state index in [1.54, 1.807) is 30.6 Å². The highest BCUT2D eigenvalue weighted by Gasteiger charge is 2.30. The Labute approximate surface area is 175 Å². The minimum absolute atomic E-state index is 0.161. The van der Waals surface area contributed by atoms with Crippen molar-refractivity contribution in [3.8, 4) is 5.75 Å². The highest BCUT2D eigenvalue weighted by Crippen LogP contribution is 2.32. The van der Waals surface area contributed by atoms with Gasteiger partial charge in [0.1, 0.15) is 5.75 Å². The highest BCUT2D eigenvalue weighted by atomic mass is 32.2. The summed E-state index contributed by atoms with van der Waals surface area (Å²) in [5.74, 6) is 0.150. The van der Waals surface area contributed by atoms with Crippen LogP contribution in [0.3, 0.4) is 0 Å². The molecule has 2 aromatic carbocycles. The Morgan fingerprint density at radius 3 is 2.63 bits per heavy atom. The molecule has 1 N–H and O–H groups in total. The maximum atomic E-state index is 13.0. The summed E-state index contributed by atoms with van der Waals surface area (Å²) in [5.41, 5.74) is 2.64. The zero-order valence-electron chi connectivity index (χ0n) is 16.2. The molecule has 1 aromatic heterocycles. The van der Waals surface area contributed by atoms with Crippen molar-refractivity contribution in [2.75, 3.05) is 17.5 Å². The van der Waals surface area contributed by atoms with Crippen LogP contribution in [-0.4, -0.2) is 32.5 Å². The van der Waals surface area contributed by atoms with Gasteiger partial charge in [0.15, 0.2) is 6.61 Å². The number of amides is 1. The summed E-state index contributed by atoms with van der Waals surface area (Å²) in [4.78, 5) is 16.1. The van der Waals surface area contributed by atoms with Crippen molar-refractivity contribution < 1.29 is 17.9 Å². The van der Waals surface area contributed by atoms with Crippen LogP contribution in [0, 0.1) is 0 Å². The molecule has 0 fully saturated rings. The molecule has 0 unspecified atom stereocenters. The molecule has 7 nitrogen and oxygen atoms in total. The molecule has 1 aliphatic heterocycles. The first-order valence-corrected chi connectivity index (χ1v) is 11.0. The number of ether oxygens (including phenoxy) is 1. The van der Waals surface area contributed by atoms with Gasteiger partial charge in [-0.15, -0.1) is 0 Å². The fourth-order valence-corrected chi connectivity index (χ4v) is 4.80. The predicted octanol–water partition coefficient (Wildman–Crippen LogP) is 2.53. The molecule has 3 aromatic rings. The van der Waals surface area contributed by atoms with E-state index in [0.717, 1.165) is 16.8 Å². The number of carbonyl (C=O) groups is 1. The van der Waals surface area contributed by atoms with Crippen molar-refractivity contribution >= 4 is 21.6 Å². The van der Waals surface area contributed by atoms with Crippen LogP contribution in [0.25, 0.3) is 0 Å². The first-order valence-electron chi connectivity index (χ1n) is 9.53. The lowest BCUT2D eigenvalue weighted by molar-refractivity contribution is -0.123. The van der Waals surface area contributed by atoms with E-state index in [-0.39, 0.29) is 17.4 Å². The molecule has 1 aliphatic rings. The van der Waals surface area contributed by atoms with Crippen LogP contribution in [0.4, 0.5) is 5.69 Å². The third kappa shape index (κ3) is 4.28. The Bertz CT molecular complexity index is 1130. The molecular weight excluding hydrogens is 402 g/mol. The molecule has 1 amide bonds. The van der Waals surface area contributed by atoms with Crippen molar-refractivity contribution in [2.45, 2.75) is 17.9 Å². The number of nitrogens with one attached hydrogen (secondary N) is 1. The van der Waals surface area contributed by atoms with Crippen LogP contribution in [0.1, 0.15) is 11.1 Å². The number of hydrogen-bond acceptors (Lipinski definition) is 5. The number of nitrogens with zero attached hydrogens (tertiary/aromatic N) is 2. The Morgan fingerprint density at radius 2 is 1.87 bits per heavy atom. The van der Waals surface area contributed by atoms with E-state index < -0.39 is 10.0 Å². The number of anilines is 1. The normalized spacial score (nSPS) is 13.0. The minimum Gasteiger partial charge on any atom is -0.484 e. The van der Waals surface area contributed by atoms with Crippen molar-refractivity contribution in [1.82, 2.24) is 10.3 Å². The second-order valence-electron chi connectivity index (χ2n) is 6.85. The van der Waals surface area contributed by atoms with Gasteiger partial charge in [-0.1, -0.05) is 24.3 Å². The molecule has 0 bridgehead atoms. The largest absolute Gasteiger partial charge is 0.484 e. The molecule has 0 saturated heterocycles. The fourth-order valence-electron chi connectivity index (χ4n) is 3.30. The predicted molar refractivity (Wildman–Crippen MR) is 113 cm³/mol. The second kappa shape index (κ2) is 8.54. The van der Waals surface area contributed by atoms with Crippen LogP contribution >= 0.6 is 0 Å². The van der Waals surface area contributed by atoms with Crippen molar-refractivity contribution in [1.29, 1.82) is 0 Å². The summed E-state index contributed by atoms with van der Waals surface area (Å²) in [6.45, 7) is 0.632. The van der Waals surface area contributed by atoms with Gasteiger partial charge in [-0.05, 0) is 53.9 Å². The molecule has 0 spiro atoms. The number of pyridine rings is 1. The van der Waals surface area contributed by atoms with E-state index in [1.807, 2.05) is 30.3 Å². The van der Waals surface area contributed by atoms with E-state index in [1.165, 1.54) is 16.4 Å². The van der Waals surface area contributed by atoms with E-state index in [9.17, 15) is 13.2 Å². The quantitative estimate of drug-likeness (QED) is 0.631. The molecule has 30 heavy (non-hydrogen) atoms. The maximum absolute atomic E-state index is 13.0. The van der Waals surface area contributed by atoms with Gasteiger partial charge in [0.05, 0.1) is 10.6 Å². The van der Waals surface area contributed by atoms with Crippen LogP contribution in [0.2, 0.25) is 0 Å². The molecule has 2 heterocycles. The maximum Gasteiger partial charge on any atom is 0.264 e. The number of carbonyl (C=O) groups excluding carboxylic acids is 1. The molecule has 4 rings (SSSR count). The topological polar surface area (TPSA) is 88.6 Å². The lowest BCUT2D eigenvalue weighted by Gasteiger charge is -2.19. The summed E-state index contributed by atoms with van der Waals surface area (Å²) in [5, 5.41) is 2.74. The fraction of sp³-hybridized carbons (Fsp3) is 0.182. The second-order valence-corrected chi connectivity index (χ2v) is 8.72. The van der Waals surface area contributed by atoms with E-state index in [0.29, 0.717) is 25.3 Å². The van der Waals surface area contributed by atoms with E-state index in [4.69, 9.17) is 4.74 Å². The Morgan fingerprint density at radius 1 is 1.07 bits per heavy atom. The van der Waals surface area contributed by atoms with Gasteiger partial charge in [0.2, 0.25) is 0 Å². The smallest absolute Gasteiger partial charge is 0.264 e. The summed E-state index contributed by atoms with van der Waals surface area (Å²) in [6.07, 6.45) is 4.05. The van der Waals surface area contributed by atoms with Gasteiger partial charge < -0.3 is 10.1 Å². The first-order chi connectivity index (χ1) is 14.5. The number of aromatic nitrogens is 1. The minimum atomic E-state index is -3.65. The highest BCUT2D eigenvalue weighted by molar-refractivity contribution is 7.92. The van der Waals surface area contributed by atoms with Gasteiger partial charge in [-0.3, -0.25) is 14.1 Å². The van der Waals surface area contributed by atoms with Gasteiger partial charge in [0.25, 0.3) is 15.9 Å². The summed E-state index contributed by atoms with van der Waals surface area (Å²) in [6, 6.07) is 17.3. The molecule has 8 heteroatoms. The number of hydrogen-bond donors (Lipinski definition) is 1. The van der Waals surface area contributed by atoms with Crippen LogP contribution < -0.4 is 14.4 Å². The zero-order valence-corrected chi connectivity index (χ0v) is 17.0. The number of rotatable bonds is 7. The van der Waals surface area contributed by atoms with Crippen molar-refractivity contribution in [3.63, 3.8) is 0 Å². The van der Waals surface area contributed by atoms with Crippen molar-refractivity contribution in [3.05, 3.63) is 84.2 Å². The third-order valence-corrected chi connectivity index (χ3v) is 6.67. The average molecular weight is 423 g/mol. The Kier molecular flexibility index (Phi) is 5.67. The summed E-state index contributed by atoms with van der Waals surface area (Å²) < 4.78 is 32.9. The number of benzene rings is 2. The standard InChI is InChI=1S/C22H21N3O4S/c26-22(24-15-17-4-3-12-23-14-17)16-29-19-7-9-20(10-8-19)30(27,28)25-13-11-18-5-1-2-6-21(18)25/h1-10,12,14H,11,13,15-16H2,(H,24,26). The van der Waals surface area contributed by atoms with Crippen LogP contribution in [-0.2, 0) is 27.8 Å². The summed E-state index contributed by atoms with van der Waals surface area (Å²) >= 11 is 0. The van der Waals surface area contributed by atoms with E-state index >= 15 is 0 Å². The zero-order chi connectivity index (χ0) is 21.0. The molecule has 154 valence electrons. The van der Waals surface area contributed by atoms with Crippen molar-refractivity contribution in [2.24, 2.45) is 0 Å². The lowest BCUT2D eigenvalue weighted by atomic mass is 10.2. The Hall–Kier alpha value is -3.39. The lowest BCUT2D eigenvalue weighted by Crippen LogP contribution is -2.29. The van der Waals surface area contributed by atoms with Crippen LogP contribution in [0.5, 0.6) is 5.75 Å². The SMILES string of the molecule is O=C(COc1ccc(S(=O)(=O)N2CCc3ccccc32)cc1)NCc1cccnc1. The third-order valence-electron chi connectivity index (χ3n) is 4.84. The summed E-state index contributed by atoms with van der Waals surface area (Å²) in [7, 11) is -3.65. The monoisotopic (exact) mass is 423 g/mol.